The monoisotopic (exact) mass is 356 g/mol. The van der Waals surface area contributed by atoms with Gasteiger partial charge < -0.3 is 22.2 Å². The van der Waals surface area contributed by atoms with E-state index in [9.17, 15) is 4.79 Å². The fraction of sp³-hybridized carbons (Fsp3) is 0.286. The van der Waals surface area contributed by atoms with E-state index < -0.39 is 0 Å². The Labute approximate surface area is 156 Å². The summed E-state index contributed by atoms with van der Waals surface area (Å²) in [5.74, 6) is 0.164. The van der Waals surface area contributed by atoms with Gasteiger partial charge in [-0.3, -0.25) is 4.79 Å². The Morgan fingerprint density at radius 3 is 2.48 bits per heavy atom. The molecule has 3 rings (SSSR count). The van der Waals surface area contributed by atoms with Crippen LogP contribution in [0.3, 0.4) is 0 Å². The number of nitrogens with one attached hydrogen (secondary N) is 1. The minimum Gasteiger partial charge on any atom is -1.00 e. The van der Waals surface area contributed by atoms with Crippen LogP contribution in [0, 0.1) is 6.92 Å². The van der Waals surface area contributed by atoms with E-state index >= 15 is 0 Å². The first-order valence-corrected chi connectivity index (χ1v) is 8.63. The number of aryl methyl sites for hydroxylation is 1. The first kappa shape index (κ1) is 19.2. The number of halogens is 1. The topological polar surface area (TPSA) is 24.8 Å². The van der Waals surface area contributed by atoms with Gasteiger partial charge in [0, 0.05) is 5.56 Å². The largest absolute Gasteiger partial charge is 1.00 e. The van der Waals surface area contributed by atoms with Crippen molar-refractivity contribution >= 4 is 12.0 Å². The Hall–Kier alpha value is -2.10. The summed E-state index contributed by atoms with van der Waals surface area (Å²) in [5, 5.41) is 0. The second-order valence-corrected chi connectivity index (χ2v) is 6.43. The van der Waals surface area contributed by atoms with Gasteiger partial charge in [-0.1, -0.05) is 54.1 Å². The van der Waals surface area contributed by atoms with Crippen molar-refractivity contribution in [3.63, 3.8) is 0 Å². The van der Waals surface area contributed by atoms with Crippen LogP contribution in [0.15, 0.2) is 60.7 Å². The molecule has 0 unspecified atom stereocenters. The smallest absolute Gasteiger partial charge is 0.254 e. The van der Waals surface area contributed by atoms with Gasteiger partial charge in [0.25, 0.3) is 5.91 Å². The maximum absolute atomic E-state index is 12.6. The third-order valence-corrected chi connectivity index (χ3v) is 4.54. The first-order chi connectivity index (χ1) is 11.7. The van der Waals surface area contributed by atoms with Crippen LogP contribution in [-0.4, -0.2) is 43.5 Å². The number of amides is 1. The summed E-state index contributed by atoms with van der Waals surface area (Å²) in [6.45, 7) is 6.73. The van der Waals surface area contributed by atoms with Gasteiger partial charge in [0.2, 0.25) is 0 Å². The van der Waals surface area contributed by atoms with E-state index in [2.05, 4.69) is 36.4 Å². The molecule has 4 heteroatoms. The molecule has 0 radical (unpaired) electrons. The number of benzene rings is 2. The Bertz CT molecular complexity index is 707. The summed E-state index contributed by atoms with van der Waals surface area (Å²) >= 11 is 0. The Morgan fingerprint density at radius 1 is 1.08 bits per heavy atom. The highest BCUT2D eigenvalue weighted by atomic mass is 35.5. The molecule has 0 aromatic heterocycles. The molecular weight excluding hydrogens is 332 g/mol. The van der Waals surface area contributed by atoms with Crippen molar-refractivity contribution < 1.29 is 22.1 Å². The molecule has 1 N–H and O–H groups in total. The number of nitrogens with zero attached hydrogens (tertiary/aromatic N) is 1. The second-order valence-electron chi connectivity index (χ2n) is 6.43. The highest BCUT2D eigenvalue weighted by Gasteiger charge is 2.23. The van der Waals surface area contributed by atoms with Crippen LogP contribution in [0.2, 0.25) is 0 Å². The van der Waals surface area contributed by atoms with Gasteiger partial charge in [0.15, 0.2) is 0 Å². The molecule has 1 aliphatic rings. The summed E-state index contributed by atoms with van der Waals surface area (Å²) in [4.78, 5) is 16.1. The van der Waals surface area contributed by atoms with Gasteiger partial charge >= 0.3 is 0 Å². The molecule has 1 heterocycles. The lowest BCUT2D eigenvalue weighted by Gasteiger charge is -2.31. The predicted octanol–water partition coefficient (Wildman–Crippen LogP) is -0.947. The average molecular weight is 357 g/mol. The van der Waals surface area contributed by atoms with Crippen molar-refractivity contribution in [1.82, 2.24) is 4.90 Å². The minimum atomic E-state index is 0. The highest BCUT2D eigenvalue weighted by molar-refractivity contribution is 5.94. The summed E-state index contributed by atoms with van der Waals surface area (Å²) in [5.41, 5.74) is 3.18. The van der Waals surface area contributed by atoms with Crippen molar-refractivity contribution in [3.05, 3.63) is 77.4 Å². The third-order valence-electron chi connectivity index (χ3n) is 4.54. The average Bonchev–Trinajstić information content (AvgIpc) is 2.63. The van der Waals surface area contributed by atoms with Crippen LogP contribution in [0.1, 0.15) is 21.5 Å². The maximum Gasteiger partial charge on any atom is 0.254 e. The van der Waals surface area contributed by atoms with Gasteiger partial charge in [0.05, 0.1) is 32.7 Å². The van der Waals surface area contributed by atoms with Crippen LogP contribution in [0.5, 0.6) is 0 Å². The van der Waals surface area contributed by atoms with E-state index in [0.717, 1.165) is 43.9 Å². The molecule has 0 spiro atoms. The first-order valence-electron chi connectivity index (χ1n) is 8.63. The molecule has 1 amide bonds. The number of carbonyl (C=O) groups excluding carboxylic acids is 1. The zero-order chi connectivity index (χ0) is 16.8. The molecule has 132 valence electrons. The molecule has 0 aliphatic carbocycles. The molecule has 1 fully saturated rings. The van der Waals surface area contributed by atoms with Gasteiger partial charge in [-0.2, -0.15) is 0 Å². The summed E-state index contributed by atoms with van der Waals surface area (Å²) in [6, 6.07) is 18.3. The quantitative estimate of drug-likeness (QED) is 0.751. The van der Waals surface area contributed by atoms with E-state index in [1.54, 1.807) is 0 Å². The molecular formula is C21H25ClN2O. The molecule has 25 heavy (non-hydrogen) atoms. The lowest BCUT2D eigenvalue weighted by molar-refractivity contribution is -0.898. The predicted molar refractivity (Wildman–Crippen MR) is 98.1 cm³/mol. The molecule has 3 nitrogen and oxygen atoms in total. The molecule has 0 atom stereocenters. The highest BCUT2D eigenvalue weighted by Crippen LogP contribution is 2.08. The lowest BCUT2D eigenvalue weighted by Crippen LogP contribution is -3.14. The zero-order valence-electron chi connectivity index (χ0n) is 14.6. The fourth-order valence-corrected chi connectivity index (χ4v) is 3.12. The van der Waals surface area contributed by atoms with Crippen molar-refractivity contribution in [2.75, 3.05) is 32.7 Å². The second kappa shape index (κ2) is 9.40. The summed E-state index contributed by atoms with van der Waals surface area (Å²) in [7, 11) is 0. The number of hydrogen-bond acceptors (Lipinski definition) is 1. The fourth-order valence-electron chi connectivity index (χ4n) is 3.12. The van der Waals surface area contributed by atoms with Crippen LogP contribution in [-0.2, 0) is 0 Å². The number of hydrogen-bond donors (Lipinski definition) is 1. The van der Waals surface area contributed by atoms with E-state index in [-0.39, 0.29) is 18.3 Å². The normalized spacial score (nSPS) is 15.2. The SMILES string of the molecule is Cc1cccc(C(=O)N2CC[NH+](CC=Cc3ccccc3)CC2)c1.[Cl-]. The van der Waals surface area contributed by atoms with E-state index in [4.69, 9.17) is 0 Å². The summed E-state index contributed by atoms with van der Waals surface area (Å²) in [6.07, 6.45) is 4.42. The van der Waals surface area contributed by atoms with Crippen molar-refractivity contribution in [2.45, 2.75) is 6.92 Å². The Kier molecular flexibility index (Phi) is 7.23. The van der Waals surface area contributed by atoms with Gasteiger partial charge in [-0.15, -0.1) is 0 Å². The molecule has 1 saturated heterocycles. The minimum absolute atomic E-state index is 0. The Balaban J connectivity index is 0.00000225. The van der Waals surface area contributed by atoms with Gasteiger partial charge in [-0.05, 0) is 30.7 Å². The van der Waals surface area contributed by atoms with E-state index in [1.807, 2.05) is 42.2 Å². The number of piperazine rings is 1. The molecule has 0 bridgehead atoms. The third kappa shape index (κ3) is 5.45. The lowest BCUT2D eigenvalue weighted by atomic mass is 10.1. The van der Waals surface area contributed by atoms with Crippen molar-refractivity contribution in [2.24, 2.45) is 0 Å². The van der Waals surface area contributed by atoms with E-state index in [0.29, 0.717) is 0 Å². The van der Waals surface area contributed by atoms with Crippen molar-refractivity contribution in [1.29, 1.82) is 0 Å². The zero-order valence-corrected chi connectivity index (χ0v) is 15.4. The van der Waals surface area contributed by atoms with Crippen LogP contribution in [0.4, 0.5) is 0 Å². The molecule has 2 aromatic rings. The molecule has 2 aromatic carbocycles. The number of carbonyl (C=O) groups is 1. The molecule has 1 aliphatic heterocycles. The Morgan fingerprint density at radius 2 is 1.80 bits per heavy atom. The number of rotatable bonds is 4. The van der Waals surface area contributed by atoms with Crippen LogP contribution in [0.25, 0.3) is 6.08 Å². The van der Waals surface area contributed by atoms with Gasteiger partial charge in [-0.25, -0.2) is 0 Å². The number of quaternary nitrogens is 1. The van der Waals surface area contributed by atoms with E-state index in [1.165, 1.54) is 10.5 Å². The summed E-state index contributed by atoms with van der Waals surface area (Å²) < 4.78 is 0. The van der Waals surface area contributed by atoms with Crippen LogP contribution < -0.4 is 17.3 Å². The maximum atomic E-state index is 12.6. The standard InChI is InChI=1S/C21H24N2O.ClH/c1-18-7-5-11-20(17-18)21(24)23-15-13-22(14-16-23)12-6-10-19-8-3-2-4-9-19;/h2-11,17H,12-16H2,1H3;1H. The van der Waals surface area contributed by atoms with Gasteiger partial charge in [0.1, 0.15) is 0 Å². The molecule has 0 saturated carbocycles. The van der Waals surface area contributed by atoms with Crippen molar-refractivity contribution in [3.8, 4) is 0 Å². The van der Waals surface area contributed by atoms with Crippen LogP contribution >= 0.6 is 0 Å².